The standard InChI is InChI=1S/C7H10O3.C3H10O3Si/c1-5(2)7(8)10-4-6-3-9-6;1-4-7(5-2)6-3/h6H,1,3-4H2,2H3;7H,1-3H3. The molecular weight excluding hydrogens is 244 g/mol. The molecule has 0 radical (unpaired) electrons. The SMILES string of the molecule is C=C(C)C(=O)OCC1CO1.CO[SiH](OC)OC. The molecule has 0 amide bonds. The number of carbonyl (C=O) groups excluding carboxylic acids is 1. The summed E-state index contributed by atoms with van der Waals surface area (Å²) < 4.78 is 23.8. The molecule has 0 spiro atoms. The third-order valence-electron chi connectivity index (χ3n) is 1.73. The van der Waals surface area contributed by atoms with Crippen molar-refractivity contribution in [3.63, 3.8) is 0 Å². The van der Waals surface area contributed by atoms with Gasteiger partial charge in [0, 0.05) is 26.9 Å². The molecule has 0 aromatic heterocycles. The van der Waals surface area contributed by atoms with Gasteiger partial charge in [0.25, 0.3) is 0 Å². The Bertz CT molecular complexity index is 231. The average molecular weight is 264 g/mol. The topological polar surface area (TPSA) is 66.5 Å². The number of esters is 1. The number of rotatable bonds is 6. The molecule has 0 saturated carbocycles. The fraction of sp³-hybridized carbons (Fsp3) is 0.700. The van der Waals surface area contributed by atoms with E-state index in [2.05, 4.69) is 6.58 Å². The first kappa shape index (κ1) is 16.3. The van der Waals surface area contributed by atoms with Gasteiger partial charge in [-0.3, -0.25) is 0 Å². The highest BCUT2D eigenvalue weighted by Crippen LogP contribution is 2.09. The largest absolute Gasteiger partial charge is 0.483 e. The number of epoxide rings is 1. The Labute approximate surface area is 103 Å². The van der Waals surface area contributed by atoms with E-state index >= 15 is 0 Å². The van der Waals surface area contributed by atoms with Gasteiger partial charge in [-0.05, 0) is 6.92 Å². The summed E-state index contributed by atoms with van der Waals surface area (Å²) in [5.41, 5.74) is 0.431. The van der Waals surface area contributed by atoms with Crippen LogP contribution >= 0.6 is 0 Å². The van der Waals surface area contributed by atoms with Gasteiger partial charge in [0.15, 0.2) is 0 Å². The molecule has 0 bridgehead atoms. The molecule has 17 heavy (non-hydrogen) atoms. The van der Waals surface area contributed by atoms with Crippen LogP contribution in [0.4, 0.5) is 0 Å². The highest BCUT2D eigenvalue weighted by atomic mass is 28.3. The van der Waals surface area contributed by atoms with Crippen molar-refractivity contribution in [2.75, 3.05) is 34.5 Å². The minimum absolute atomic E-state index is 0.142. The molecule has 0 N–H and O–H groups in total. The lowest BCUT2D eigenvalue weighted by molar-refractivity contribution is -0.139. The van der Waals surface area contributed by atoms with E-state index in [0.29, 0.717) is 18.8 Å². The second kappa shape index (κ2) is 9.31. The maximum Gasteiger partial charge on any atom is 0.483 e. The van der Waals surface area contributed by atoms with E-state index in [4.69, 9.17) is 22.8 Å². The van der Waals surface area contributed by atoms with Crippen LogP contribution in [0.15, 0.2) is 12.2 Å². The zero-order valence-electron chi connectivity index (χ0n) is 10.7. The van der Waals surface area contributed by atoms with Crippen molar-refractivity contribution < 1.29 is 27.5 Å². The third kappa shape index (κ3) is 9.01. The minimum atomic E-state index is -1.67. The Morgan fingerprint density at radius 2 is 1.82 bits per heavy atom. The van der Waals surface area contributed by atoms with Crippen molar-refractivity contribution in [3.8, 4) is 0 Å². The number of hydrogen-bond acceptors (Lipinski definition) is 6. The van der Waals surface area contributed by atoms with E-state index in [9.17, 15) is 4.79 Å². The van der Waals surface area contributed by atoms with Crippen LogP contribution in [0.1, 0.15) is 6.92 Å². The summed E-state index contributed by atoms with van der Waals surface area (Å²) in [4.78, 5) is 10.7. The maximum absolute atomic E-state index is 10.7. The van der Waals surface area contributed by atoms with Crippen molar-refractivity contribution in [2.24, 2.45) is 0 Å². The molecule has 1 unspecified atom stereocenters. The quantitative estimate of drug-likeness (QED) is 0.294. The van der Waals surface area contributed by atoms with E-state index in [1.165, 1.54) is 0 Å². The normalized spacial score (nSPS) is 17.1. The van der Waals surface area contributed by atoms with Crippen molar-refractivity contribution in [1.29, 1.82) is 0 Å². The first-order chi connectivity index (χ1) is 8.04. The first-order valence-corrected chi connectivity index (χ1v) is 6.49. The molecule has 6 nitrogen and oxygen atoms in total. The number of hydrogen-bond donors (Lipinski definition) is 0. The Morgan fingerprint density at radius 3 is 2.06 bits per heavy atom. The van der Waals surface area contributed by atoms with Crippen LogP contribution in [0.3, 0.4) is 0 Å². The van der Waals surface area contributed by atoms with Crippen LogP contribution in [-0.4, -0.2) is 56.1 Å². The average Bonchev–Trinajstić information content (AvgIpc) is 3.13. The van der Waals surface area contributed by atoms with Gasteiger partial charge in [0.05, 0.1) is 6.61 Å². The molecule has 7 heteroatoms. The van der Waals surface area contributed by atoms with Crippen LogP contribution < -0.4 is 0 Å². The summed E-state index contributed by atoms with van der Waals surface area (Å²) in [7, 11) is 3.05. The summed E-state index contributed by atoms with van der Waals surface area (Å²) in [6.45, 7) is 6.14. The zero-order chi connectivity index (χ0) is 13.3. The molecule has 1 atom stereocenters. The lowest BCUT2D eigenvalue weighted by Gasteiger charge is -2.05. The van der Waals surface area contributed by atoms with Gasteiger partial charge in [-0.2, -0.15) is 0 Å². The second-order valence-corrected chi connectivity index (χ2v) is 5.32. The van der Waals surface area contributed by atoms with Crippen LogP contribution in [0, 0.1) is 0 Å². The van der Waals surface area contributed by atoms with Gasteiger partial charge in [-0.1, -0.05) is 6.58 Å². The molecule has 1 rings (SSSR count). The molecule has 0 aliphatic carbocycles. The summed E-state index contributed by atoms with van der Waals surface area (Å²) in [5.74, 6) is -0.337. The molecule has 1 fully saturated rings. The van der Waals surface area contributed by atoms with Crippen LogP contribution in [0.5, 0.6) is 0 Å². The second-order valence-electron chi connectivity index (χ2n) is 3.33. The van der Waals surface area contributed by atoms with Gasteiger partial charge < -0.3 is 22.8 Å². The molecule has 1 aliphatic rings. The highest BCUT2D eigenvalue weighted by Gasteiger charge is 2.24. The minimum Gasteiger partial charge on any atom is -0.459 e. The fourth-order valence-electron chi connectivity index (χ4n) is 0.745. The van der Waals surface area contributed by atoms with Gasteiger partial charge >= 0.3 is 15.5 Å². The summed E-state index contributed by atoms with van der Waals surface area (Å²) in [5, 5.41) is 0. The predicted octanol–water partition coefficient (Wildman–Crippen LogP) is 0.147. The Kier molecular flexibility index (Phi) is 8.91. The molecule has 1 aliphatic heterocycles. The molecule has 1 heterocycles. The molecule has 0 aromatic rings. The fourth-order valence-corrected chi connectivity index (χ4v) is 1.32. The van der Waals surface area contributed by atoms with Crippen LogP contribution in [0.25, 0.3) is 0 Å². The zero-order valence-corrected chi connectivity index (χ0v) is 11.9. The summed E-state index contributed by atoms with van der Waals surface area (Å²) in [6.07, 6.45) is 0.142. The molecule has 0 aromatic carbocycles. The van der Waals surface area contributed by atoms with Crippen LogP contribution in [0.2, 0.25) is 0 Å². The van der Waals surface area contributed by atoms with Crippen molar-refractivity contribution in [1.82, 2.24) is 0 Å². The molecule has 100 valence electrons. The van der Waals surface area contributed by atoms with Crippen LogP contribution in [-0.2, 0) is 27.5 Å². The Morgan fingerprint density at radius 1 is 1.35 bits per heavy atom. The van der Waals surface area contributed by atoms with Crippen molar-refractivity contribution in [2.45, 2.75) is 13.0 Å². The lowest BCUT2D eigenvalue weighted by atomic mass is 10.4. The maximum atomic E-state index is 10.7. The molecule has 1 saturated heterocycles. The van der Waals surface area contributed by atoms with E-state index in [1.54, 1.807) is 28.3 Å². The highest BCUT2D eigenvalue weighted by molar-refractivity contribution is 6.36. The predicted molar refractivity (Wildman–Crippen MR) is 63.7 cm³/mol. The van der Waals surface area contributed by atoms with Gasteiger partial charge in [-0.25, -0.2) is 4.79 Å². The third-order valence-corrected chi connectivity index (χ3v) is 2.88. The van der Waals surface area contributed by atoms with Crippen molar-refractivity contribution >= 4 is 15.5 Å². The van der Waals surface area contributed by atoms with E-state index < -0.39 is 9.53 Å². The Balaban J connectivity index is 0.000000325. The van der Waals surface area contributed by atoms with E-state index in [1.807, 2.05) is 0 Å². The first-order valence-electron chi connectivity index (χ1n) is 5.07. The number of carbonyl (C=O) groups is 1. The number of ether oxygens (including phenoxy) is 2. The van der Waals surface area contributed by atoms with Gasteiger partial charge in [-0.15, -0.1) is 0 Å². The van der Waals surface area contributed by atoms with Crippen molar-refractivity contribution in [3.05, 3.63) is 12.2 Å². The Hall–Kier alpha value is -0.733. The summed E-state index contributed by atoms with van der Waals surface area (Å²) >= 11 is 0. The van der Waals surface area contributed by atoms with E-state index in [0.717, 1.165) is 0 Å². The lowest BCUT2D eigenvalue weighted by Crippen LogP contribution is -2.21. The molecular formula is C10H20O6Si. The summed E-state index contributed by atoms with van der Waals surface area (Å²) in [6, 6.07) is 0. The smallest absolute Gasteiger partial charge is 0.459 e. The monoisotopic (exact) mass is 264 g/mol. The van der Waals surface area contributed by atoms with E-state index in [-0.39, 0.29) is 12.1 Å². The van der Waals surface area contributed by atoms with Gasteiger partial charge in [0.1, 0.15) is 12.7 Å². The van der Waals surface area contributed by atoms with Gasteiger partial charge in [0.2, 0.25) is 0 Å².